The number of fused-ring (bicyclic) bond motifs is 28. The number of aliphatic imine (C=N–C) groups is 8. The van der Waals surface area contributed by atoms with Crippen molar-refractivity contribution in [2.24, 2.45) is 59.9 Å². The van der Waals surface area contributed by atoms with Gasteiger partial charge in [-0.1, -0.05) is 194 Å². The Kier molecular flexibility index (Phi) is 10.5. The molecular formula is C70H50N16O3Si4. The summed E-state index contributed by atoms with van der Waals surface area (Å²) in [5, 5.41) is 6.11. The summed E-state index contributed by atoms with van der Waals surface area (Å²) in [4.78, 5) is 68.9. The van der Waals surface area contributed by atoms with Crippen molar-refractivity contribution in [1.82, 2.24) is 16.9 Å². The van der Waals surface area contributed by atoms with E-state index in [1.54, 1.807) is 0 Å². The maximum absolute atomic E-state index is 9.60. The number of rotatable bonds is 6. The zero-order valence-corrected chi connectivity index (χ0v) is 54.9. The van der Waals surface area contributed by atoms with Crippen molar-refractivity contribution in [1.29, 1.82) is 0 Å². The summed E-state index contributed by atoms with van der Waals surface area (Å²) < 4.78 is 35.8. The third-order valence-corrected chi connectivity index (χ3v) is 30.9. The van der Waals surface area contributed by atoms with Gasteiger partial charge in [0, 0.05) is 87.6 Å². The summed E-state index contributed by atoms with van der Waals surface area (Å²) >= 11 is 0. The van der Waals surface area contributed by atoms with Crippen molar-refractivity contribution in [3.05, 3.63) is 261 Å². The lowest BCUT2D eigenvalue weighted by atomic mass is 10.1. The van der Waals surface area contributed by atoms with Crippen LogP contribution in [-0.4, -0.2) is 98.0 Å². The molecule has 20 rings (SSSR count). The van der Waals surface area contributed by atoms with Gasteiger partial charge in [-0.3, -0.25) is 16.9 Å². The third-order valence-electron chi connectivity index (χ3n) is 17.8. The second-order valence-corrected chi connectivity index (χ2v) is 40.7. The van der Waals surface area contributed by atoms with E-state index in [0.717, 1.165) is 87.6 Å². The van der Waals surface area contributed by atoms with Crippen LogP contribution < -0.4 is 22.0 Å². The van der Waals surface area contributed by atoms with E-state index in [-0.39, 0.29) is 0 Å². The third kappa shape index (κ3) is 7.36. The van der Waals surface area contributed by atoms with Gasteiger partial charge in [-0.2, -0.15) is 0 Å². The van der Waals surface area contributed by atoms with Crippen molar-refractivity contribution in [3.63, 3.8) is 0 Å². The lowest BCUT2D eigenvalue weighted by molar-refractivity contribution is 0.264. The number of benzene rings is 8. The number of aromatic nitrogens is 4. The van der Waals surface area contributed by atoms with Crippen LogP contribution >= 0.6 is 0 Å². The SMILES string of the molecule is C[Si](C)(C)O[Si]1(O[Si]2(O[Si](C)(C)C)n3c4c5ccccc5c3N=C3N=C(N=c5c6ccccc6c(n52)=NC2=NC(=N4)c4ccccc42)c2ccccc23)n2c3c4ccccc4c2N=C2N=C(N=c4c5ccccc5c(n41)=NC1=NC(=N3)c3ccccc31)c1ccccc12. The standard InChI is InChI=1S/C70H50N16O3Si4/c1-90(2,3)87-92(83-63-47-31-15-16-32-48(47)65(83)77-57-41-25-9-10-26-42(41)58(72-57)78-66-50-34-18-17-33-49(50)64(84(66)92)76-56-40-24-8-7-23-39(40)55(71-56)75-63)89-93(88-91(4,5)6)85-67-51-35-19-20-36-52(51)69(85)81-61-45-29-13-14-30-46(45)62(74-61)82-70-54-38-22-21-37-53(54)68(86(70)93)80-60-44-28-12-11-27-43(44)59(73-60)79-67/h7-38H,1-6H3. The molecule has 12 heterocycles. The summed E-state index contributed by atoms with van der Waals surface area (Å²) in [6, 6.07) is 65.6. The van der Waals surface area contributed by atoms with Gasteiger partial charge in [0.2, 0.25) is 0 Å². The van der Waals surface area contributed by atoms with E-state index in [9.17, 15) is 4.12 Å². The highest BCUT2D eigenvalue weighted by Crippen LogP contribution is 2.49. The first-order valence-electron chi connectivity index (χ1n) is 30.9. The van der Waals surface area contributed by atoms with E-state index < -0.39 is 34.4 Å². The Morgan fingerprint density at radius 1 is 0.237 bits per heavy atom. The summed E-state index contributed by atoms with van der Waals surface area (Å²) in [5.41, 5.74) is 8.41. The van der Waals surface area contributed by atoms with Crippen molar-refractivity contribution in [2.75, 3.05) is 0 Å². The van der Waals surface area contributed by atoms with Gasteiger partial charge in [-0.15, -0.1) is 0 Å². The molecule has 23 heteroatoms. The molecule has 8 aromatic carbocycles. The molecule has 8 aliphatic heterocycles. The topological polar surface area (TPSA) is 196 Å². The Bertz CT molecular complexity index is 5410. The fourth-order valence-corrected chi connectivity index (χ4v) is 29.9. The minimum Gasteiger partial charge on any atom is -0.404 e. The Labute approximate surface area is 533 Å². The van der Waals surface area contributed by atoms with Gasteiger partial charge in [-0.25, -0.2) is 59.9 Å². The minimum atomic E-state index is -5.28. The molecule has 8 aliphatic rings. The van der Waals surface area contributed by atoms with E-state index in [0.29, 0.717) is 91.9 Å². The minimum absolute atomic E-state index is 0.460. The van der Waals surface area contributed by atoms with Gasteiger partial charge < -0.3 is 12.3 Å². The second kappa shape index (κ2) is 18.5. The average Bonchev–Trinajstić information content (AvgIpc) is 1.53. The Balaban J connectivity index is 1.09. The highest BCUT2D eigenvalue weighted by molar-refractivity contribution is 6.89. The van der Waals surface area contributed by atoms with E-state index in [2.05, 4.69) is 153 Å². The Morgan fingerprint density at radius 2 is 0.430 bits per heavy atom. The van der Waals surface area contributed by atoms with Crippen LogP contribution in [-0.2, 0) is 12.3 Å². The van der Waals surface area contributed by atoms with E-state index in [1.165, 1.54) is 0 Å². The molecule has 0 N–H and O–H groups in total. The first-order valence-corrected chi connectivity index (χ1v) is 41.1. The Hall–Kier alpha value is -10.8. The number of nitrogens with zero attached hydrogens (tertiary/aromatic N) is 16. The highest BCUT2D eigenvalue weighted by atomic mass is 28.5. The van der Waals surface area contributed by atoms with Crippen LogP contribution in [0.15, 0.2) is 254 Å². The van der Waals surface area contributed by atoms with Crippen LogP contribution in [0.25, 0.3) is 43.1 Å². The second-order valence-electron chi connectivity index (χ2n) is 25.9. The lowest BCUT2D eigenvalue weighted by Gasteiger charge is -2.45. The quantitative estimate of drug-likeness (QED) is 0.150. The van der Waals surface area contributed by atoms with Crippen LogP contribution in [0.4, 0.5) is 23.3 Å². The van der Waals surface area contributed by atoms with Gasteiger partial charge in [0.1, 0.15) is 45.2 Å². The summed E-state index contributed by atoms with van der Waals surface area (Å²) in [6.45, 7) is 13.2. The molecular weight excluding hydrogens is 1230 g/mol. The van der Waals surface area contributed by atoms with E-state index in [4.69, 9.17) is 68.1 Å². The van der Waals surface area contributed by atoms with E-state index in [1.807, 2.05) is 97.1 Å². The Morgan fingerprint density at radius 3 is 0.645 bits per heavy atom. The van der Waals surface area contributed by atoms with Gasteiger partial charge in [0.05, 0.1) is 0 Å². The first-order chi connectivity index (χ1) is 45.3. The summed E-state index contributed by atoms with van der Waals surface area (Å²) in [6.07, 6.45) is 0. The van der Waals surface area contributed by atoms with Crippen molar-refractivity contribution in [3.8, 4) is 0 Å². The molecule has 19 nitrogen and oxygen atoms in total. The fourth-order valence-electron chi connectivity index (χ4n) is 14.2. The van der Waals surface area contributed by atoms with Gasteiger partial charge in [-0.05, 0) is 39.3 Å². The van der Waals surface area contributed by atoms with Crippen LogP contribution in [0.5, 0.6) is 0 Å². The first kappa shape index (κ1) is 52.9. The molecule has 0 fully saturated rings. The molecule has 0 saturated heterocycles. The molecule has 2 unspecified atom stereocenters. The number of hydrogen-bond acceptors (Lipinski definition) is 15. The molecule has 0 saturated carbocycles. The molecule has 0 amide bonds. The van der Waals surface area contributed by atoms with Crippen molar-refractivity contribution < 1.29 is 12.3 Å². The van der Waals surface area contributed by atoms with Crippen molar-refractivity contribution in [2.45, 2.75) is 39.3 Å². The fraction of sp³-hybridized carbons (Fsp3) is 0.0857. The van der Waals surface area contributed by atoms with Crippen LogP contribution in [0.1, 0.15) is 44.5 Å². The zero-order valence-electron chi connectivity index (χ0n) is 50.9. The number of hydrogen-bond donors (Lipinski definition) is 0. The maximum atomic E-state index is 9.60. The van der Waals surface area contributed by atoms with Gasteiger partial charge >= 0.3 is 17.8 Å². The average molecular weight is 1280 g/mol. The monoisotopic (exact) mass is 1270 g/mol. The molecule has 0 radical (unpaired) electrons. The predicted octanol–water partition coefficient (Wildman–Crippen LogP) is 11.5. The molecule has 444 valence electrons. The predicted molar refractivity (Wildman–Crippen MR) is 372 cm³/mol. The smallest absolute Gasteiger partial charge is 0.404 e. The zero-order chi connectivity index (χ0) is 62.0. The molecule has 12 bridgehead atoms. The van der Waals surface area contributed by atoms with E-state index >= 15 is 0 Å². The lowest BCUT2D eigenvalue weighted by Crippen LogP contribution is -2.77. The van der Waals surface area contributed by atoms with Crippen LogP contribution in [0.2, 0.25) is 39.3 Å². The summed E-state index contributed by atoms with van der Waals surface area (Å²) in [5.74, 6) is 5.59. The largest absolute Gasteiger partial charge is 0.586 e. The molecule has 93 heavy (non-hydrogen) atoms. The van der Waals surface area contributed by atoms with Crippen LogP contribution in [0, 0.1) is 0 Å². The summed E-state index contributed by atoms with van der Waals surface area (Å²) in [7, 11) is -16.9. The van der Waals surface area contributed by atoms with Gasteiger partial charge in [0.25, 0.3) is 0 Å². The van der Waals surface area contributed by atoms with Gasteiger partial charge in [0.15, 0.2) is 63.3 Å². The molecule has 12 aromatic rings. The number of amidine groups is 8. The molecule has 4 aromatic heterocycles. The maximum Gasteiger partial charge on any atom is 0.586 e. The molecule has 0 aliphatic carbocycles. The van der Waals surface area contributed by atoms with Crippen LogP contribution in [0.3, 0.4) is 0 Å². The molecule has 0 spiro atoms. The van der Waals surface area contributed by atoms with Crippen molar-refractivity contribution >= 4 is 147 Å². The highest BCUT2D eigenvalue weighted by Gasteiger charge is 2.66. The molecule has 2 atom stereocenters. The normalized spacial score (nSPS) is 19.1.